The molecule has 2 aliphatic heterocycles. The van der Waals surface area contributed by atoms with E-state index in [-0.39, 0.29) is 11.9 Å². The summed E-state index contributed by atoms with van der Waals surface area (Å²) < 4.78 is 2.43. The van der Waals surface area contributed by atoms with Crippen molar-refractivity contribution in [1.29, 1.82) is 0 Å². The minimum Gasteiger partial charge on any atom is -0.342 e. The van der Waals surface area contributed by atoms with E-state index in [1.54, 1.807) is 4.90 Å². The summed E-state index contributed by atoms with van der Waals surface area (Å²) in [6.07, 6.45) is 2.63. The summed E-state index contributed by atoms with van der Waals surface area (Å²) >= 11 is 0. The molecular formula is C19H24N4O2. The van der Waals surface area contributed by atoms with Gasteiger partial charge in [0.2, 0.25) is 5.91 Å². The number of likely N-dealkylation sites (tertiary alicyclic amines) is 1. The van der Waals surface area contributed by atoms with Crippen molar-refractivity contribution in [1.82, 2.24) is 14.8 Å². The molecule has 1 aromatic heterocycles. The Morgan fingerprint density at radius 2 is 1.88 bits per heavy atom. The van der Waals surface area contributed by atoms with E-state index in [9.17, 15) is 9.59 Å². The van der Waals surface area contributed by atoms with Crippen molar-refractivity contribution >= 4 is 28.5 Å². The van der Waals surface area contributed by atoms with Crippen LogP contribution in [0.2, 0.25) is 0 Å². The van der Waals surface area contributed by atoms with E-state index in [1.165, 1.54) is 11.2 Å². The minimum absolute atomic E-state index is 0.200. The summed E-state index contributed by atoms with van der Waals surface area (Å²) in [6, 6.07) is 8.46. The Kier molecular flexibility index (Phi) is 4.00. The summed E-state index contributed by atoms with van der Waals surface area (Å²) in [4.78, 5) is 27.8. The van der Waals surface area contributed by atoms with Crippen LogP contribution >= 0.6 is 0 Å². The fourth-order valence-electron chi connectivity index (χ4n) is 4.13. The molecule has 6 nitrogen and oxygen atoms in total. The Labute approximate surface area is 147 Å². The molecule has 2 fully saturated rings. The molecule has 0 spiro atoms. The number of imide groups is 1. The maximum absolute atomic E-state index is 12.3. The number of amides is 3. The van der Waals surface area contributed by atoms with Crippen molar-refractivity contribution in [3.8, 4) is 0 Å². The third-order valence-electron chi connectivity index (χ3n) is 5.45. The molecule has 25 heavy (non-hydrogen) atoms. The average Bonchev–Trinajstić information content (AvgIpc) is 2.92. The largest absolute Gasteiger partial charge is 0.342 e. The van der Waals surface area contributed by atoms with E-state index in [4.69, 9.17) is 0 Å². The van der Waals surface area contributed by atoms with Crippen molar-refractivity contribution in [2.75, 3.05) is 31.6 Å². The van der Waals surface area contributed by atoms with Crippen molar-refractivity contribution < 1.29 is 9.59 Å². The maximum atomic E-state index is 12.3. The third kappa shape index (κ3) is 2.80. The van der Waals surface area contributed by atoms with Gasteiger partial charge in [-0.25, -0.2) is 4.79 Å². The standard InChI is InChI=1S/C19H24N4O2/c1-13-12-15-16(22-11-8-18(24)20-19(22)25)4-3-5-17(15)23(13)14-6-9-21(2)10-7-14/h3-5,12,14H,6-11H2,1-2H3,(H,20,24,25). The Morgan fingerprint density at radius 3 is 2.60 bits per heavy atom. The van der Waals surface area contributed by atoms with Gasteiger partial charge in [-0.2, -0.15) is 0 Å². The molecule has 0 atom stereocenters. The van der Waals surface area contributed by atoms with Crippen LogP contribution < -0.4 is 10.2 Å². The Hall–Kier alpha value is -2.34. The lowest BCUT2D eigenvalue weighted by Crippen LogP contribution is -2.49. The predicted molar refractivity (Wildman–Crippen MR) is 97.9 cm³/mol. The molecule has 2 aliphatic rings. The highest BCUT2D eigenvalue weighted by atomic mass is 16.2. The fourth-order valence-corrected chi connectivity index (χ4v) is 4.13. The number of rotatable bonds is 2. The van der Waals surface area contributed by atoms with Gasteiger partial charge in [0.15, 0.2) is 0 Å². The molecule has 0 saturated carbocycles. The number of nitrogens with zero attached hydrogens (tertiary/aromatic N) is 3. The summed E-state index contributed by atoms with van der Waals surface area (Å²) in [6.45, 7) is 4.80. The van der Waals surface area contributed by atoms with Crippen LogP contribution in [0.3, 0.4) is 0 Å². The first kappa shape index (κ1) is 16.1. The molecule has 6 heteroatoms. The van der Waals surface area contributed by atoms with Gasteiger partial charge in [0, 0.05) is 30.1 Å². The number of nitrogens with one attached hydrogen (secondary N) is 1. The van der Waals surface area contributed by atoms with Crippen molar-refractivity contribution in [2.45, 2.75) is 32.2 Å². The molecule has 1 aromatic carbocycles. The maximum Gasteiger partial charge on any atom is 0.328 e. The molecule has 2 saturated heterocycles. The monoisotopic (exact) mass is 340 g/mol. The van der Waals surface area contributed by atoms with Gasteiger partial charge in [-0.05, 0) is 58.1 Å². The lowest BCUT2D eigenvalue weighted by atomic mass is 10.0. The zero-order valence-corrected chi connectivity index (χ0v) is 14.8. The average molecular weight is 340 g/mol. The summed E-state index contributed by atoms with van der Waals surface area (Å²) in [5.41, 5.74) is 3.29. The van der Waals surface area contributed by atoms with Gasteiger partial charge in [-0.15, -0.1) is 0 Å². The van der Waals surface area contributed by atoms with Crippen LogP contribution in [0.4, 0.5) is 10.5 Å². The van der Waals surface area contributed by atoms with Gasteiger partial charge in [0.05, 0.1) is 11.2 Å². The first-order chi connectivity index (χ1) is 12.0. The van der Waals surface area contributed by atoms with Gasteiger partial charge in [0.25, 0.3) is 0 Å². The van der Waals surface area contributed by atoms with Gasteiger partial charge in [-0.3, -0.25) is 15.0 Å². The second kappa shape index (κ2) is 6.19. The number of aromatic nitrogens is 1. The van der Waals surface area contributed by atoms with Crippen molar-refractivity contribution in [3.05, 3.63) is 30.0 Å². The molecule has 0 unspecified atom stereocenters. The lowest BCUT2D eigenvalue weighted by molar-refractivity contribution is -0.120. The summed E-state index contributed by atoms with van der Waals surface area (Å²) in [5.74, 6) is -0.200. The van der Waals surface area contributed by atoms with E-state index in [0.29, 0.717) is 19.0 Å². The van der Waals surface area contributed by atoms with Crippen LogP contribution in [-0.2, 0) is 4.79 Å². The van der Waals surface area contributed by atoms with E-state index in [1.807, 2.05) is 12.1 Å². The second-order valence-corrected chi connectivity index (χ2v) is 7.16. The molecular weight excluding hydrogens is 316 g/mol. The number of aryl methyl sites for hydroxylation is 1. The predicted octanol–water partition coefficient (Wildman–Crippen LogP) is 2.66. The van der Waals surface area contributed by atoms with Crippen LogP contribution in [0.15, 0.2) is 24.3 Å². The smallest absolute Gasteiger partial charge is 0.328 e. The zero-order chi connectivity index (χ0) is 17.6. The highest BCUT2D eigenvalue weighted by molar-refractivity contribution is 6.09. The molecule has 3 amide bonds. The third-order valence-corrected chi connectivity index (χ3v) is 5.45. The normalized spacial score (nSPS) is 20.3. The van der Waals surface area contributed by atoms with E-state index < -0.39 is 0 Å². The second-order valence-electron chi connectivity index (χ2n) is 7.16. The van der Waals surface area contributed by atoms with Crippen LogP contribution in [0.1, 0.15) is 31.0 Å². The van der Waals surface area contributed by atoms with Gasteiger partial charge in [-0.1, -0.05) is 6.07 Å². The highest BCUT2D eigenvalue weighted by Crippen LogP contribution is 2.35. The van der Waals surface area contributed by atoms with Crippen molar-refractivity contribution in [3.63, 3.8) is 0 Å². The molecule has 132 valence electrons. The molecule has 0 bridgehead atoms. The number of carbonyl (C=O) groups excluding carboxylic acids is 2. The van der Waals surface area contributed by atoms with Crippen LogP contribution in [0, 0.1) is 6.92 Å². The topological polar surface area (TPSA) is 57.6 Å². The number of fused-ring (bicyclic) bond motifs is 1. The Bertz CT molecular complexity index is 833. The number of carbonyl (C=O) groups is 2. The van der Waals surface area contributed by atoms with E-state index >= 15 is 0 Å². The van der Waals surface area contributed by atoms with Crippen LogP contribution in [0.25, 0.3) is 10.9 Å². The Balaban J connectivity index is 1.75. The fraction of sp³-hybridized carbons (Fsp3) is 0.474. The highest BCUT2D eigenvalue weighted by Gasteiger charge is 2.27. The van der Waals surface area contributed by atoms with E-state index in [2.05, 4.69) is 40.9 Å². The van der Waals surface area contributed by atoms with Crippen LogP contribution in [0.5, 0.6) is 0 Å². The molecule has 2 aromatic rings. The summed E-state index contributed by atoms with van der Waals surface area (Å²) in [5, 5.41) is 3.50. The molecule has 3 heterocycles. The Morgan fingerprint density at radius 1 is 1.12 bits per heavy atom. The zero-order valence-electron chi connectivity index (χ0n) is 14.8. The minimum atomic E-state index is -0.326. The molecule has 0 radical (unpaired) electrons. The summed E-state index contributed by atoms with van der Waals surface area (Å²) in [7, 11) is 2.17. The number of anilines is 1. The first-order valence-electron chi connectivity index (χ1n) is 8.95. The molecule has 0 aliphatic carbocycles. The number of hydrogen-bond donors (Lipinski definition) is 1. The van der Waals surface area contributed by atoms with Gasteiger partial charge in [0.1, 0.15) is 0 Å². The number of hydrogen-bond acceptors (Lipinski definition) is 3. The quantitative estimate of drug-likeness (QED) is 0.914. The first-order valence-corrected chi connectivity index (χ1v) is 8.95. The van der Waals surface area contributed by atoms with Gasteiger partial charge < -0.3 is 9.47 Å². The van der Waals surface area contributed by atoms with Crippen molar-refractivity contribution in [2.24, 2.45) is 0 Å². The number of urea groups is 1. The number of benzene rings is 1. The van der Waals surface area contributed by atoms with Crippen LogP contribution in [-0.4, -0.2) is 48.1 Å². The van der Waals surface area contributed by atoms with Gasteiger partial charge >= 0.3 is 6.03 Å². The SMILES string of the molecule is Cc1cc2c(N3CCC(=O)NC3=O)cccc2n1C1CCN(C)CC1. The lowest BCUT2D eigenvalue weighted by Gasteiger charge is -2.31. The molecule has 4 rings (SSSR count). The van der Waals surface area contributed by atoms with E-state index in [0.717, 1.165) is 37.0 Å². The number of piperidine rings is 1. The molecule has 1 N–H and O–H groups in total.